The first kappa shape index (κ1) is 21.5. The average Bonchev–Trinajstić information content (AvgIpc) is 3.12. The van der Waals surface area contributed by atoms with Crippen LogP contribution in [0.3, 0.4) is 0 Å². The van der Waals surface area contributed by atoms with Gasteiger partial charge in [-0.3, -0.25) is 4.90 Å². The predicted molar refractivity (Wildman–Crippen MR) is 96.4 cm³/mol. The lowest BCUT2D eigenvalue weighted by atomic mass is 10.1. The van der Waals surface area contributed by atoms with E-state index < -0.39 is 27.5 Å². The van der Waals surface area contributed by atoms with Gasteiger partial charge < -0.3 is 4.42 Å². The second-order valence-electron chi connectivity index (χ2n) is 6.06. The van der Waals surface area contributed by atoms with Gasteiger partial charge in [-0.15, -0.1) is 0 Å². The van der Waals surface area contributed by atoms with Crippen LogP contribution in [0.1, 0.15) is 36.8 Å². The Labute approximate surface area is 157 Å². The molecule has 0 saturated heterocycles. The second kappa shape index (κ2) is 8.90. The summed E-state index contributed by atoms with van der Waals surface area (Å²) in [5.74, 6) is 0.0977. The smallest absolute Gasteiger partial charge is 0.416 e. The fourth-order valence-electron chi connectivity index (χ4n) is 2.87. The van der Waals surface area contributed by atoms with Crippen LogP contribution in [-0.2, 0) is 22.0 Å². The van der Waals surface area contributed by atoms with Crippen molar-refractivity contribution in [1.82, 2.24) is 9.62 Å². The van der Waals surface area contributed by atoms with E-state index in [4.69, 9.17) is 4.42 Å². The molecule has 1 aromatic heterocycles. The maximum absolute atomic E-state index is 12.8. The largest absolute Gasteiger partial charge is 0.468 e. The van der Waals surface area contributed by atoms with Crippen LogP contribution in [0, 0.1) is 0 Å². The zero-order valence-electron chi connectivity index (χ0n) is 15.2. The molecular formula is C18H23F3N2O3S. The van der Waals surface area contributed by atoms with E-state index in [9.17, 15) is 21.6 Å². The molecule has 0 spiro atoms. The highest BCUT2D eigenvalue weighted by atomic mass is 32.2. The summed E-state index contributed by atoms with van der Waals surface area (Å²) in [5, 5.41) is 0. The quantitative estimate of drug-likeness (QED) is 0.691. The maximum atomic E-state index is 12.8. The molecule has 0 amide bonds. The van der Waals surface area contributed by atoms with Crippen molar-refractivity contribution >= 4 is 10.0 Å². The summed E-state index contributed by atoms with van der Waals surface area (Å²) >= 11 is 0. The van der Waals surface area contributed by atoms with Crippen molar-refractivity contribution in [3.63, 3.8) is 0 Å². The lowest BCUT2D eigenvalue weighted by Crippen LogP contribution is -2.38. The van der Waals surface area contributed by atoms with Crippen molar-refractivity contribution in [2.45, 2.75) is 31.8 Å². The molecule has 2 rings (SSSR count). The van der Waals surface area contributed by atoms with Gasteiger partial charge in [-0.1, -0.05) is 32.0 Å². The monoisotopic (exact) mass is 404 g/mol. The van der Waals surface area contributed by atoms with Gasteiger partial charge in [0.25, 0.3) is 0 Å². The van der Waals surface area contributed by atoms with Crippen LogP contribution < -0.4 is 4.72 Å². The van der Waals surface area contributed by atoms with Gasteiger partial charge in [-0.2, -0.15) is 13.2 Å². The van der Waals surface area contributed by atoms with Gasteiger partial charge in [0.2, 0.25) is 10.0 Å². The first-order chi connectivity index (χ1) is 12.7. The Morgan fingerprint density at radius 1 is 1.15 bits per heavy atom. The van der Waals surface area contributed by atoms with Crippen LogP contribution >= 0.6 is 0 Å². The summed E-state index contributed by atoms with van der Waals surface area (Å²) in [7, 11) is -3.82. The van der Waals surface area contributed by atoms with Gasteiger partial charge in [-0.25, -0.2) is 13.1 Å². The highest BCUT2D eigenvalue weighted by Crippen LogP contribution is 2.30. The summed E-state index contributed by atoms with van der Waals surface area (Å²) in [6.45, 7) is 5.36. The third-order valence-electron chi connectivity index (χ3n) is 4.23. The van der Waals surface area contributed by atoms with Gasteiger partial charge in [0.1, 0.15) is 5.76 Å². The molecule has 1 N–H and O–H groups in total. The molecule has 27 heavy (non-hydrogen) atoms. The normalized spacial score (nSPS) is 13.9. The van der Waals surface area contributed by atoms with E-state index in [0.717, 1.165) is 12.1 Å². The Kier molecular flexibility index (Phi) is 7.07. The summed E-state index contributed by atoms with van der Waals surface area (Å²) in [6.07, 6.45) is -3.00. The number of alkyl halides is 3. The number of nitrogens with one attached hydrogen (secondary N) is 1. The van der Waals surface area contributed by atoms with Crippen molar-refractivity contribution in [2.75, 3.05) is 19.6 Å². The second-order valence-corrected chi connectivity index (χ2v) is 7.86. The molecule has 0 aliphatic rings. The van der Waals surface area contributed by atoms with Crippen LogP contribution in [0.5, 0.6) is 0 Å². The molecule has 1 aromatic carbocycles. The molecule has 0 radical (unpaired) electrons. The van der Waals surface area contributed by atoms with E-state index >= 15 is 0 Å². The minimum Gasteiger partial charge on any atom is -0.468 e. The Balaban J connectivity index is 2.11. The first-order valence-corrected chi connectivity index (χ1v) is 10.2. The molecule has 5 nitrogen and oxygen atoms in total. The summed E-state index contributed by atoms with van der Waals surface area (Å²) in [4.78, 5) is 2.03. The molecule has 9 heteroatoms. The minimum absolute atomic E-state index is 0.0660. The number of benzene rings is 1. The number of nitrogens with zero attached hydrogens (tertiary/aromatic N) is 1. The number of hydrogen-bond donors (Lipinski definition) is 1. The molecular weight excluding hydrogens is 381 g/mol. The van der Waals surface area contributed by atoms with E-state index in [2.05, 4.69) is 4.72 Å². The van der Waals surface area contributed by atoms with E-state index in [1.54, 1.807) is 12.1 Å². The first-order valence-electron chi connectivity index (χ1n) is 8.57. The lowest BCUT2D eigenvalue weighted by molar-refractivity contribution is -0.137. The van der Waals surface area contributed by atoms with E-state index in [1.165, 1.54) is 18.4 Å². The maximum Gasteiger partial charge on any atom is 0.416 e. The van der Waals surface area contributed by atoms with Crippen LogP contribution in [0.15, 0.2) is 47.1 Å². The van der Waals surface area contributed by atoms with Gasteiger partial charge in [-0.05, 0) is 36.9 Å². The third-order valence-corrected chi connectivity index (χ3v) is 5.55. The Morgan fingerprint density at radius 3 is 2.41 bits per heavy atom. The lowest BCUT2D eigenvalue weighted by Gasteiger charge is -2.28. The average molecular weight is 404 g/mol. The number of hydrogen-bond acceptors (Lipinski definition) is 4. The number of sulfonamides is 1. The minimum atomic E-state index is -4.51. The van der Waals surface area contributed by atoms with Crippen LogP contribution in [0.4, 0.5) is 13.2 Å². The molecule has 0 bridgehead atoms. The van der Waals surface area contributed by atoms with Crippen LogP contribution in [0.2, 0.25) is 0 Å². The summed E-state index contributed by atoms with van der Waals surface area (Å²) in [5.41, 5.74) is -0.790. The van der Waals surface area contributed by atoms with Gasteiger partial charge in [0.05, 0.1) is 23.6 Å². The van der Waals surface area contributed by atoms with Gasteiger partial charge in [0, 0.05) is 6.54 Å². The van der Waals surface area contributed by atoms with Crippen molar-refractivity contribution < 1.29 is 26.0 Å². The van der Waals surface area contributed by atoms with E-state index in [-0.39, 0.29) is 18.2 Å². The van der Waals surface area contributed by atoms with Crippen LogP contribution in [0.25, 0.3) is 0 Å². The topological polar surface area (TPSA) is 62.6 Å². The third kappa shape index (κ3) is 6.08. The number of likely N-dealkylation sites (N-methyl/N-ethyl adjacent to an activating group) is 1. The van der Waals surface area contributed by atoms with Gasteiger partial charge >= 0.3 is 6.18 Å². The highest BCUT2D eigenvalue weighted by Gasteiger charge is 2.31. The molecule has 0 aliphatic heterocycles. The van der Waals surface area contributed by atoms with E-state index in [1.807, 2.05) is 18.7 Å². The van der Waals surface area contributed by atoms with E-state index in [0.29, 0.717) is 18.8 Å². The number of rotatable bonds is 9. The zero-order valence-corrected chi connectivity index (χ0v) is 16.0. The van der Waals surface area contributed by atoms with Crippen molar-refractivity contribution in [2.24, 2.45) is 0 Å². The predicted octanol–water partition coefficient (Wildman–Crippen LogP) is 3.80. The molecule has 0 fully saturated rings. The Hall–Kier alpha value is -1.84. The van der Waals surface area contributed by atoms with Crippen LogP contribution in [-0.4, -0.2) is 33.0 Å². The van der Waals surface area contributed by atoms with Crippen molar-refractivity contribution in [1.29, 1.82) is 0 Å². The SMILES string of the molecule is CCN(CC)C(CNS(=O)(=O)Cc1cccc(C(F)(F)F)c1)c1ccco1. The molecule has 1 unspecified atom stereocenters. The van der Waals surface area contributed by atoms with Gasteiger partial charge in [0.15, 0.2) is 0 Å². The molecule has 0 saturated carbocycles. The van der Waals surface area contributed by atoms with Crippen molar-refractivity contribution in [3.05, 3.63) is 59.5 Å². The Bertz CT molecular complexity index is 817. The summed E-state index contributed by atoms with van der Waals surface area (Å²) < 4.78 is 71.1. The molecule has 150 valence electrons. The molecule has 2 aromatic rings. The Morgan fingerprint density at radius 2 is 1.85 bits per heavy atom. The number of furan rings is 1. The summed E-state index contributed by atoms with van der Waals surface area (Å²) in [6, 6.07) is 7.53. The molecule has 0 aliphatic carbocycles. The molecule has 1 atom stereocenters. The fourth-order valence-corrected chi connectivity index (χ4v) is 4.00. The molecule has 1 heterocycles. The zero-order chi connectivity index (χ0) is 20.1. The fraction of sp³-hybridized carbons (Fsp3) is 0.444. The highest BCUT2D eigenvalue weighted by molar-refractivity contribution is 7.88. The standard InChI is InChI=1S/C18H23F3N2O3S/c1-3-23(4-2)16(17-9-6-10-26-17)12-22-27(24,25)13-14-7-5-8-15(11-14)18(19,20)21/h5-11,16,22H,3-4,12-13H2,1-2H3. The van der Waals surface area contributed by atoms with Crippen molar-refractivity contribution in [3.8, 4) is 0 Å². The number of halogens is 3.